The molecule has 0 N–H and O–H groups in total. The van der Waals surface area contributed by atoms with E-state index in [-0.39, 0.29) is 8.80 Å². The summed E-state index contributed by atoms with van der Waals surface area (Å²) >= 11 is 0. The monoisotopic (exact) mass is 448 g/mol. The average molecular weight is 449 g/mol. The van der Waals surface area contributed by atoms with E-state index in [1.807, 2.05) is 6.92 Å². The molecule has 2 aliphatic rings. The highest BCUT2D eigenvalue weighted by Gasteiger charge is 2.30. The van der Waals surface area contributed by atoms with Crippen molar-refractivity contribution < 1.29 is 8.78 Å². The summed E-state index contributed by atoms with van der Waals surface area (Å²) in [5, 5.41) is 0. The standard InChI is InChI=1S/C28H46F2Si/c1-3-5-8-19-31-20-17-25(18-21-31)24-13-11-22(12-14-24)9-6-7-10-26-16-15-23(4-2)27(29)28(26)30/h15-16,22,24-25,31H,3-14,17-21H2,1-2H3/t22-,24-,25-,31-. The van der Waals surface area contributed by atoms with Crippen LogP contribution in [0.25, 0.3) is 0 Å². The number of hydrogen-bond acceptors (Lipinski definition) is 0. The highest BCUT2D eigenvalue weighted by Crippen LogP contribution is 2.42. The van der Waals surface area contributed by atoms with Crippen LogP contribution >= 0.6 is 0 Å². The van der Waals surface area contributed by atoms with Crippen LogP contribution in [-0.2, 0) is 12.8 Å². The molecule has 0 aromatic heterocycles. The molecular weight excluding hydrogens is 402 g/mol. The third-order valence-corrected chi connectivity index (χ3v) is 12.1. The summed E-state index contributed by atoms with van der Waals surface area (Å²) in [5.41, 5.74) is 1.05. The van der Waals surface area contributed by atoms with Gasteiger partial charge in [0.1, 0.15) is 0 Å². The third kappa shape index (κ3) is 7.40. The Morgan fingerprint density at radius 1 is 0.774 bits per heavy atom. The quantitative estimate of drug-likeness (QED) is 0.234. The first-order valence-electron chi connectivity index (χ1n) is 13.6. The molecule has 0 nitrogen and oxygen atoms in total. The minimum Gasteiger partial charge on any atom is -0.203 e. The molecule has 0 radical (unpaired) electrons. The molecule has 0 unspecified atom stereocenters. The highest BCUT2D eigenvalue weighted by atomic mass is 28.3. The van der Waals surface area contributed by atoms with E-state index in [9.17, 15) is 8.78 Å². The molecule has 1 aromatic carbocycles. The van der Waals surface area contributed by atoms with Crippen LogP contribution in [-0.4, -0.2) is 8.80 Å². The van der Waals surface area contributed by atoms with Gasteiger partial charge in [0, 0.05) is 8.80 Å². The first kappa shape index (κ1) is 24.9. The van der Waals surface area contributed by atoms with Crippen molar-refractivity contribution >= 4 is 8.80 Å². The smallest absolute Gasteiger partial charge is 0.162 e. The molecule has 2 fully saturated rings. The fraction of sp³-hybridized carbons (Fsp3) is 0.786. The molecule has 176 valence electrons. The van der Waals surface area contributed by atoms with E-state index in [1.54, 1.807) is 43.1 Å². The van der Waals surface area contributed by atoms with Gasteiger partial charge < -0.3 is 0 Å². The van der Waals surface area contributed by atoms with Crippen molar-refractivity contribution in [3.8, 4) is 0 Å². The fourth-order valence-corrected chi connectivity index (χ4v) is 9.95. The topological polar surface area (TPSA) is 0 Å². The van der Waals surface area contributed by atoms with E-state index in [1.165, 1.54) is 51.4 Å². The number of rotatable bonds is 11. The van der Waals surface area contributed by atoms with Gasteiger partial charge >= 0.3 is 0 Å². The SMILES string of the molecule is CCCCC[Si@H]1CC[C@H]([C@H]2CC[C@H](CCCCc3ccc(CC)c(F)c3F)CC2)CC1. The van der Waals surface area contributed by atoms with Crippen LogP contribution in [0, 0.1) is 29.4 Å². The molecule has 0 spiro atoms. The van der Waals surface area contributed by atoms with Gasteiger partial charge in [0.05, 0.1) is 0 Å². The number of halogens is 2. The minimum absolute atomic E-state index is 0.370. The molecule has 3 heteroatoms. The first-order valence-corrected chi connectivity index (χ1v) is 16.0. The fourth-order valence-electron chi connectivity index (χ4n) is 6.42. The number of hydrogen-bond donors (Lipinski definition) is 0. The number of benzene rings is 1. The van der Waals surface area contributed by atoms with Gasteiger partial charge in [0.2, 0.25) is 0 Å². The maximum absolute atomic E-state index is 14.2. The van der Waals surface area contributed by atoms with Crippen molar-refractivity contribution in [1.82, 2.24) is 0 Å². The van der Waals surface area contributed by atoms with Crippen LogP contribution < -0.4 is 0 Å². The highest BCUT2D eigenvalue weighted by molar-refractivity contribution is 6.58. The molecule has 0 bridgehead atoms. The second-order valence-electron chi connectivity index (χ2n) is 10.7. The predicted molar refractivity (Wildman–Crippen MR) is 133 cm³/mol. The average Bonchev–Trinajstić information content (AvgIpc) is 2.80. The van der Waals surface area contributed by atoms with Gasteiger partial charge in [-0.15, -0.1) is 0 Å². The summed E-state index contributed by atoms with van der Waals surface area (Å²) in [6, 6.07) is 8.43. The Labute approximate surface area is 192 Å². The van der Waals surface area contributed by atoms with E-state index in [2.05, 4.69) is 6.92 Å². The Kier molecular flexibility index (Phi) is 10.5. The summed E-state index contributed by atoms with van der Waals surface area (Å²) in [5.74, 6) is 1.69. The van der Waals surface area contributed by atoms with Crippen LogP contribution in [0.2, 0.25) is 18.1 Å². The van der Waals surface area contributed by atoms with Gasteiger partial charge in [-0.05, 0) is 61.0 Å². The maximum Gasteiger partial charge on any atom is 0.162 e. The van der Waals surface area contributed by atoms with Crippen molar-refractivity contribution in [2.24, 2.45) is 17.8 Å². The molecule has 1 heterocycles. The lowest BCUT2D eigenvalue weighted by Crippen LogP contribution is -2.28. The lowest BCUT2D eigenvalue weighted by atomic mass is 9.73. The first-order chi connectivity index (χ1) is 15.1. The Hall–Kier alpha value is -0.703. The molecule has 1 saturated heterocycles. The second-order valence-corrected chi connectivity index (χ2v) is 14.1. The largest absolute Gasteiger partial charge is 0.203 e. The number of aryl methyl sites for hydroxylation is 2. The van der Waals surface area contributed by atoms with Crippen LogP contribution in [0.3, 0.4) is 0 Å². The number of unbranched alkanes of at least 4 members (excludes halogenated alkanes) is 3. The third-order valence-electron chi connectivity index (χ3n) is 8.60. The molecule has 1 aromatic rings. The van der Waals surface area contributed by atoms with Crippen LogP contribution in [0.5, 0.6) is 0 Å². The summed E-state index contributed by atoms with van der Waals surface area (Å²) in [6.45, 7) is 4.19. The lowest BCUT2D eigenvalue weighted by molar-refractivity contribution is 0.184. The molecule has 1 saturated carbocycles. The molecule has 0 atom stereocenters. The summed E-state index contributed by atoms with van der Waals surface area (Å²) in [4.78, 5) is 0. The summed E-state index contributed by atoms with van der Waals surface area (Å²) in [6.07, 6.45) is 17.8. The van der Waals surface area contributed by atoms with Gasteiger partial charge in [-0.25, -0.2) is 8.78 Å². The Balaban J connectivity index is 1.29. The van der Waals surface area contributed by atoms with E-state index in [4.69, 9.17) is 0 Å². The molecule has 1 aliphatic carbocycles. The summed E-state index contributed by atoms with van der Waals surface area (Å²) < 4.78 is 28.2. The Morgan fingerprint density at radius 3 is 2.10 bits per heavy atom. The van der Waals surface area contributed by atoms with Gasteiger partial charge in [0.25, 0.3) is 0 Å². The molecule has 3 rings (SSSR count). The van der Waals surface area contributed by atoms with E-state index in [0.29, 0.717) is 24.0 Å². The van der Waals surface area contributed by atoms with Crippen molar-refractivity contribution in [3.63, 3.8) is 0 Å². The molecular formula is C28H46F2Si. The van der Waals surface area contributed by atoms with Crippen molar-refractivity contribution in [2.45, 2.75) is 122 Å². The molecule has 31 heavy (non-hydrogen) atoms. The van der Waals surface area contributed by atoms with Crippen LogP contribution in [0.1, 0.15) is 102 Å². The van der Waals surface area contributed by atoms with Gasteiger partial charge in [-0.1, -0.05) is 102 Å². The van der Waals surface area contributed by atoms with E-state index >= 15 is 0 Å². The van der Waals surface area contributed by atoms with Crippen LogP contribution in [0.15, 0.2) is 12.1 Å². The zero-order valence-electron chi connectivity index (χ0n) is 20.2. The maximum atomic E-state index is 14.2. The van der Waals surface area contributed by atoms with Gasteiger partial charge in [-0.2, -0.15) is 0 Å². The van der Waals surface area contributed by atoms with Crippen molar-refractivity contribution in [2.75, 3.05) is 0 Å². The Morgan fingerprint density at radius 2 is 1.42 bits per heavy atom. The molecule has 0 amide bonds. The van der Waals surface area contributed by atoms with Crippen molar-refractivity contribution in [1.29, 1.82) is 0 Å². The van der Waals surface area contributed by atoms with E-state index < -0.39 is 11.6 Å². The summed E-state index contributed by atoms with van der Waals surface area (Å²) in [7, 11) is -0.370. The molecule has 1 aliphatic heterocycles. The minimum atomic E-state index is -0.629. The predicted octanol–water partition coefficient (Wildman–Crippen LogP) is 8.87. The lowest BCUT2D eigenvalue weighted by Gasteiger charge is -2.37. The zero-order chi connectivity index (χ0) is 22.1. The van der Waals surface area contributed by atoms with Crippen LogP contribution in [0.4, 0.5) is 8.78 Å². The van der Waals surface area contributed by atoms with Gasteiger partial charge in [0.15, 0.2) is 11.6 Å². The Bertz CT molecular complexity index is 643. The van der Waals surface area contributed by atoms with Crippen molar-refractivity contribution in [3.05, 3.63) is 34.9 Å². The second kappa shape index (κ2) is 13.1. The van der Waals surface area contributed by atoms with Gasteiger partial charge in [-0.3, -0.25) is 0 Å². The van der Waals surface area contributed by atoms with E-state index in [0.717, 1.165) is 30.6 Å². The normalized spacial score (nSPS) is 26.8. The zero-order valence-corrected chi connectivity index (χ0v) is 21.4.